The van der Waals surface area contributed by atoms with Gasteiger partial charge in [0.25, 0.3) is 0 Å². The van der Waals surface area contributed by atoms with Crippen LogP contribution < -0.4 is 10.1 Å². The molecule has 0 spiro atoms. The number of aromatic nitrogens is 2. The van der Waals surface area contributed by atoms with E-state index in [1.165, 1.54) is 13.4 Å². The van der Waals surface area contributed by atoms with Gasteiger partial charge in [-0.25, -0.2) is 9.97 Å². The highest BCUT2D eigenvalue weighted by Gasteiger charge is 2.12. The standard InChI is InChI=1S/C11H8BrCl2N3O/c1-18-9-10(14)15-5-16-11(9)17-7-4-2-3-6(13)8(7)12/h2-5H,1H3,(H,15,16,17). The Bertz CT molecular complexity index is 580. The lowest BCUT2D eigenvalue weighted by atomic mass is 10.3. The molecule has 1 aromatic heterocycles. The molecule has 0 saturated carbocycles. The minimum absolute atomic E-state index is 0.244. The molecular formula is C11H8BrCl2N3O. The van der Waals surface area contributed by atoms with Gasteiger partial charge in [-0.2, -0.15) is 0 Å². The highest BCUT2D eigenvalue weighted by Crippen LogP contribution is 2.35. The number of benzene rings is 1. The molecule has 1 heterocycles. The molecule has 0 aliphatic rings. The van der Waals surface area contributed by atoms with Crippen LogP contribution in [-0.4, -0.2) is 17.1 Å². The average Bonchev–Trinajstić information content (AvgIpc) is 2.35. The second-order valence-corrected chi connectivity index (χ2v) is 4.83. The molecule has 0 radical (unpaired) electrons. The summed E-state index contributed by atoms with van der Waals surface area (Å²) in [4.78, 5) is 7.92. The lowest BCUT2D eigenvalue weighted by Crippen LogP contribution is -1.99. The molecule has 0 aliphatic carbocycles. The highest BCUT2D eigenvalue weighted by molar-refractivity contribution is 9.10. The van der Waals surface area contributed by atoms with Crippen LogP contribution in [0.25, 0.3) is 0 Å². The molecule has 4 nitrogen and oxygen atoms in total. The molecule has 0 fully saturated rings. The van der Waals surface area contributed by atoms with E-state index in [4.69, 9.17) is 27.9 Å². The van der Waals surface area contributed by atoms with Crippen molar-refractivity contribution in [1.82, 2.24) is 9.97 Å². The van der Waals surface area contributed by atoms with Gasteiger partial charge in [-0.15, -0.1) is 0 Å². The zero-order chi connectivity index (χ0) is 13.1. The van der Waals surface area contributed by atoms with Crippen molar-refractivity contribution < 1.29 is 4.74 Å². The molecule has 0 saturated heterocycles. The lowest BCUT2D eigenvalue weighted by molar-refractivity contribution is 0.413. The topological polar surface area (TPSA) is 47.0 Å². The highest BCUT2D eigenvalue weighted by atomic mass is 79.9. The molecule has 94 valence electrons. The molecule has 1 N–H and O–H groups in total. The summed E-state index contributed by atoms with van der Waals surface area (Å²) in [5, 5.41) is 3.92. The van der Waals surface area contributed by atoms with Gasteiger partial charge in [-0.05, 0) is 28.1 Å². The Labute approximate surface area is 122 Å². The fourth-order valence-electron chi connectivity index (χ4n) is 1.35. The normalized spacial score (nSPS) is 10.2. The summed E-state index contributed by atoms with van der Waals surface area (Å²) in [5.41, 5.74) is 0.760. The number of anilines is 2. The van der Waals surface area contributed by atoms with Gasteiger partial charge in [-0.1, -0.05) is 29.3 Å². The summed E-state index contributed by atoms with van der Waals surface area (Å²) in [5.74, 6) is 0.853. The minimum atomic E-state index is 0.244. The SMILES string of the molecule is COc1c(Cl)ncnc1Nc1cccc(Cl)c1Br. The number of hydrogen-bond donors (Lipinski definition) is 1. The molecule has 2 rings (SSSR count). The largest absolute Gasteiger partial charge is 0.490 e. The number of rotatable bonds is 3. The lowest BCUT2D eigenvalue weighted by Gasteiger charge is -2.12. The molecule has 2 aromatic rings. The molecule has 0 aliphatic heterocycles. The van der Waals surface area contributed by atoms with Gasteiger partial charge in [0.1, 0.15) is 6.33 Å². The van der Waals surface area contributed by atoms with Crippen LogP contribution in [0.5, 0.6) is 5.75 Å². The van der Waals surface area contributed by atoms with Crippen LogP contribution in [0.3, 0.4) is 0 Å². The third-order valence-electron chi connectivity index (χ3n) is 2.17. The van der Waals surface area contributed by atoms with Crippen molar-refractivity contribution in [2.75, 3.05) is 12.4 Å². The monoisotopic (exact) mass is 347 g/mol. The maximum atomic E-state index is 6.01. The quantitative estimate of drug-likeness (QED) is 0.840. The average molecular weight is 349 g/mol. The van der Waals surface area contributed by atoms with Gasteiger partial charge in [0.15, 0.2) is 16.7 Å². The van der Waals surface area contributed by atoms with Gasteiger partial charge in [-0.3, -0.25) is 0 Å². The fourth-order valence-corrected chi connectivity index (χ4v) is 2.10. The Morgan fingerprint density at radius 1 is 1.28 bits per heavy atom. The predicted molar refractivity (Wildman–Crippen MR) is 76.0 cm³/mol. The van der Waals surface area contributed by atoms with Crippen molar-refractivity contribution in [2.45, 2.75) is 0 Å². The first-order valence-corrected chi connectivity index (χ1v) is 6.44. The summed E-state index contributed by atoms with van der Waals surface area (Å²) < 4.78 is 5.89. The Balaban J connectivity index is 2.40. The first-order valence-electron chi connectivity index (χ1n) is 4.89. The van der Waals surface area contributed by atoms with E-state index < -0.39 is 0 Å². The molecule has 0 atom stereocenters. The predicted octanol–water partition coefficient (Wildman–Crippen LogP) is 4.30. The van der Waals surface area contributed by atoms with Crippen molar-refractivity contribution in [1.29, 1.82) is 0 Å². The van der Waals surface area contributed by atoms with Gasteiger partial charge in [0.2, 0.25) is 0 Å². The smallest absolute Gasteiger partial charge is 0.199 e. The van der Waals surface area contributed by atoms with Crippen LogP contribution in [0.2, 0.25) is 10.2 Å². The Kier molecular flexibility index (Phi) is 4.27. The number of halogens is 3. The van der Waals surface area contributed by atoms with Gasteiger partial charge in [0.05, 0.1) is 22.3 Å². The fraction of sp³-hybridized carbons (Fsp3) is 0.0909. The summed E-state index contributed by atoms with van der Waals surface area (Å²) in [6, 6.07) is 5.46. The van der Waals surface area contributed by atoms with Crippen LogP contribution >= 0.6 is 39.1 Å². The van der Waals surface area contributed by atoms with E-state index in [0.29, 0.717) is 16.6 Å². The number of methoxy groups -OCH3 is 1. The van der Waals surface area contributed by atoms with E-state index >= 15 is 0 Å². The molecular weight excluding hydrogens is 341 g/mol. The number of hydrogen-bond acceptors (Lipinski definition) is 4. The zero-order valence-electron chi connectivity index (χ0n) is 9.25. The molecule has 0 bridgehead atoms. The Morgan fingerprint density at radius 3 is 2.78 bits per heavy atom. The Morgan fingerprint density at radius 2 is 2.06 bits per heavy atom. The first kappa shape index (κ1) is 13.4. The second kappa shape index (κ2) is 5.73. The number of nitrogens with zero attached hydrogens (tertiary/aromatic N) is 2. The van der Waals surface area contributed by atoms with Crippen molar-refractivity contribution >= 4 is 50.6 Å². The summed E-state index contributed by atoms with van der Waals surface area (Å²) in [6.07, 6.45) is 1.35. The van der Waals surface area contributed by atoms with Gasteiger partial charge < -0.3 is 10.1 Å². The molecule has 0 unspecified atom stereocenters. The van der Waals surface area contributed by atoms with Gasteiger partial charge in [0, 0.05) is 0 Å². The van der Waals surface area contributed by atoms with Crippen LogP contribution in [0.4, 0.5) is 11.5 Å². The minimum Gasteiger partial charge on any atom is -0.490 e. The van der Waals surface area contributed by atoms with E-state index in [1.807, 2.05) is 12.1 Å². The molecule has 7 heteroatoms. The van der Waals surface area contributed by atoms with E-state index in [-0.39, 0.29) is 5.15 Å². The molecule has 1 aromatic carbocycles. The van der Waals surface area contributed by atoms with E-state index in [9.17, 15) is 0 Å². The van der Waals surface area contributed by atoms with E-state index in [0.717, 1.165) is 10.2 Å². The van der Waals surface area contributed by atoms with Crippen LogP contribution in [0.15, 0.2) is 29.0 Å². The number of nitrogens with one attached hydrogen (secondary N) is 1. The second-order valence-electron chi connectivity index (χ2n) is 3.27. The van der Waals surface area contributed by atoms with Crippen LogP contribution in [0, 0.1) is 0 Å². The van der Waals surface area contributed by atoms with Crippen molar-refractivity contribution in [3.8, 4) is 5.75 Å². The molecule has 18 heavy (non-hydrogen) atoms. The van der Waals surface area contributed by atoms with Crippen LogP contribution in [0.1, 0.15) is 0 Å². The van der Waals surface area contributed by atoms with Crippen molar-refractivity contribution in [3.63, 3.8) is 0 Å². The summed E-state index contributed by atoms with van der Waals surface area (Å²) in [6.45, 7) is 0. The summed E-state index contributed by atoms with van der Waals surface area (Å²) >= 11 is 15.3. The van der Waals surface area contributed by atoms with Crippen LogP contribution in [-0.2, 0) is 0 Å². The Hall–Kier alpha value is -1.04. The van der Waals surface area contributed by atoms with E-state index in [1.54, 1.807) is 6.07 Å². The van der Waals surface area contributed by atoms with E-state index in [2.05, 4.69) is 31.2 Å². The first-order chi connectivity index (χ1) is 8.63. The third kappa shape index (κ3) is 2.68. The third-order valence-corrected chi connectivity index (χ3v) is 3.84. The van der Waals surface area contributed by atoms with Gasteiger partial charge >= 0.3 is 0 Å². The maximum absolute atomic E-state index is 6.01. The zero-order valence-corrected chi connectivity index (χ0v) is 12.3. The summed E-state index contributed by atoms with van der Waals surface area (Å²) in [7, 11) is 1.50. The van der Waals surface area contributed by atoms with Crippen molar-refractivity contribution in [2.24, 2.45) is 0 Å². The maximum Gasteiger partial charge on any atom is 0.199 e. The molecule has 0 amide bonds. The van der Waals surface area contributed by atoms with Crippen molar-refractivity contribution in [3.05, 3.63) is 39.2 Å². The number of ether oxygens (including phenoxy) is 1.